The number of nitrogens with one attached hydrogen (secondary N) is 1. The summed E-state index contributed by atoms with van der Waals surface area (Å²) in [4.78, 5) is 15.3. The fourth-order valence-corrected chi connectivity index (χ4v) is 1.07. The predicted molar refractivity (Wildman–Crippen MR) is 45.9 cm³/mol. The van der Waals surface area contributed by atoms with E-state index < -0.39 is 29.0 Å². The van der Waals surface area contributed by atoms with Gasteiger partial charge in [0.2, 0.25) is 0 Å². The maximum atomic E-state index is 13.3. The Bertz CT molecular complexity index is 403. The van der Waals surface area contributed by atoms with Crippen molar-refractivity contribution in [2.75, 3.05) is 7.11 Å². The van der Waals surface area contributed by atoms with E-state index in [2.05, 4.69) is 4.84 Å². The van der Waals surface area contributed by atoms with Gasteiger partial charge in [0, 0.05) is 0 Å². The summed E-state index contributed by atoms with van der Waals surface area (Å²) in [6.07, 6.45) is -4.84. The molecular weight excluding hydrogens is 230 g/mol. The Balaban J connectivity index is 3.19. The van der Waals surface area contributed by atoms with Crippen molar-refractivity contribution >= 4 is 5.91 Å². The Morgan fingerprint density at radius 1 is 1.38 bits per heavy atom. The second-order valence-corrected chi connectivity index (χ2v) is 2.80. The van der Waals surface area contributed by atoms with Crippen LogP contribution in [0.15, 0.2) is 18.2 Å². The number of carbonyl (C=O) groups excluding carboxylic acids is 1. The molecule has 3 nitrogen and oxygen atoms in total. The van der Waals surface area contributed by atoms with E-state index in [1.165, 1.54) is 0 Å². The van der Waals surface area contributed by atoms with E-state index in [0.29, 0.717) is 6.07 Å². The van der Waals surface area contributed by atoms with Gasteiger partial charge >= 0.3 is 6.18 Å². The van der Waals surface area contributed by atoms with Gasteiger partial charge in [-0.25, -0.2) is 9.87 Å². The third kappa shape index (κ3) is 2.48. The second-order valence-electron chi connectivity index (χ2n) is 2.80. The van der Waals surface area contributed by atoms with Crippen molar-refractivity contribution < 1.29 is 27.2 Å². The highest BCUT2D eigenvalue weighted by molar-refractivity contribution is 5.93. The van der Waals surface area contributed by atoms with Gasteiger partial charge in [-0.15, -0.1) is 0 Å². The van der Waals surface area contributed by atoms with Crippen LogP contribution in [0.5, 0.6) is 0 Å². The molecule has 0 radical (unpaired) electrons. The lowest BCUT2D eigenvalue weighted by atomic mass is 10.1. The first-order chi connectivity index (χ1) is 7.38. The Morgan fingerprint density at radius 2 is 2.00 bits per heavy atom. The van der Waals surface area contributed by atoms with Gasteiger partial charge in [-0.3, -0.25) is 9.63 Å². The number of hydrogen-bond acceptors (Lipinski definition) is 2. The van der Waals surface area contributed by atoms with Gasteiger partial charge in [-0.2, -0.15) is 13.2 Å². The van der Waals surface area contributed by atoms with Crippen LogP contribution < -0.4 is 5.48 Å². The van der Waals surface area contributed by atoms with Crippen molar-refractivity contribution in [1.29, 1.82) is 0 Å². The SMILES string of the molecule is CONC(=O)c1cccc(C(F)(F)F)c1F. The summed E-state index contributed by atoms with van der Waals surface area (Å²) in [6, 6.07) is 2.42. The average Bonchev–Trinajstić information content (AvgIpc) is 2.16. The molecule has 88 valence electrons. The Labute approximate surface area is 88.0 Å². The lowest BCUT2D eigenvalue weighted by molar-refractivity contribution is -0.140. The lowest BCUT2D eigenvalue weighted by Gasteiger charge is -2.10. The molecular formula is C9H7F4NO2. The molecule has 0 bridgehead atoms. The Kier molecular flexibility index (Phi) is 3.48. The zero-order valence-corrected chi connectivity index (χ0v) is 8.06. The molecule has 1 rings (SSSR count). The van der Waals surface area contributed by atoms with Crippen molar-refractivity contribution in [2.45, 2.75) is 6.18 Å². The molecule has 0 aromatic heterocycles. The van der Waals surface area contributed by atoms with E-state index in [1.807, 2.05) is 0 Å². The second kappa shape index (κ2) is 4.48. The van der Waals surface area contributed by atoms with Crippen molar-refractivity contribution in [1.82, 2.24) is 5.48 Å². The highest BCUT2D eigenvalue weighted by Gasteiger charge is 2.35. The highest BCUT2D eigenvalue weighted by atomic mass is 19.4. The first-order valence-electron chi connectivity index (χ1n) is 4.07. The van der Waals surface area contributed by atoms with Gasteiger partial charge in [0.05, 0.1) is 18.2 Å². The van der Waals surface area contributed by atoms with Crippen LogP contribution in [0.1, 0.15) is 15.9 Å². The van der Waals surface area contributed by atoms with E-state index >= 15 is 0 Å². The summed E-state index contributed by atoms with van der Waals surface area (Å²) in [5.41, 5.74) is -0.480. The minimum atomic E-state index is -4.84. The van der Waals surface area contributed by atoms with Crippen molar-refractivity contribution in [3.63, 3.8) is 0 Å². The topological polar surface area (TPSA) is 38.3 Å². The third-order valence-electron chi connectivity index (χ3n) is 1.74. The molecule has 7 heteroatoms. The summed E-state index contributed by atoms with van der Waals surface area (Å²) in [6.45, 7) is 0. The maximum Gasteiger partial charge on any atom is 0.419 e. The summed E-state index contributed by atoms with van der Waals surface area (Å²) >= 11 is 0. The fraction of sp³-hybridized carbons (Fsp3) is 0.222. The van der Waals surface area contributed by atoms with Crippen LogP contribution in [-0.4, -0.2) is 13.0 Å². The van der Waals surface area contributed by atoms with Crippen molar-refractivity contribution in [2.24, 2.45) is 0 Å². The van der Waals surface area contributed by atoms with Crippen LogP contribution in [0.3, 0.4) is 0 Å². The quantitative estimate of drug-likeness (QED) is 0.632. The van der Waals surface area contributed by atoms with Crippen molar-refractivity contribution in [3.05, 3.63) is 35.1 Å². The maximum absolute atomic E-state index is 13.3. The molecule has 0 atom stereocenters. The van der Waals surface area contributed by atoms with Crippen molar-refractivity contribution in [3.8, 4) is 0 Å². The van der Waals surface area contributed by atoms with Gasteiger partial charge in [0.25, 0.3) is 5.91 Å². The Hall–Kier alpha value is -1.63. The number of halogens is 4. The molecule has 0 unspecified atom stereocenters. The van der Waals surface area contributed by atoms with Crippen LogP contribution in [0.25, 0.3) is 0 Å². The first kappa shape index (κ1) is 12.4. The largest absolute Gasteiger partial charge is 0.419 e. The molecule has 1 aromatic carbocycles. The van der Waals surface area contributed by atoms with Gasteiger partial charge in [0.1, 0.15) is 5.82 Å². The van der Waals surface area contributed by atoms with Crippen LogP contribution in [0.2, 0.25) is 0 Å². The number of hydrogen-bond donors (Lipinski definition) is 1. The van der Waals surface area contributed by atoms with Crippen LogP contribution in [0.4, 0.5) is 17.6 Å². The molecule has 0 saturated heterocycles. The summed E-state index contributed by atoms with van der Waals surface area (Å²) in [5.74, 6) is -2.70. The Morgan fingerprint density at radius 3 is 2.50 bits per heavy atom. The van der Waals surface area contributed by atoms with Gasteiger partial charge in [-0.1, -0.05) is 6.07 Å². The minimum absolute atomic E-state index is 0.554. The molecule has 1 aromatic rings. The molecule has 0 aliphatic heterocycles. The third-order valence-corrected chi connectivity index (χ3v) is 1.74. The van der Waals surface area contributed by atoms with Gasteiger partial charge < -0.3 is 0 Å². The first-order valence-corrected chi connectivity index (χ1v) is 4.07. The molecule has 1 N–H and O–H groups in total. The fourth-order valence-electron chi connectivity index (χ4n) is 1.07. The van der Waals surface area contributed by atoms with E-state index in [0.717, 1.165) is 19.2 Å². The summed E-state index contributed by atoms with van der Waals surface area (Å²) < 4.78 is 50.1. The smallest absolute Gasteiger partial charge is 0.277 e. The molecule has 1 amide bonds. The zero-order valence-electron chi connectivity index (χ0n) is 8.06. The summed E-state index contributed by atoms with van der Waals surface area (Å²) in [5, 5.41) is 0. The predicted octanol–water partition coefficient (Wildman–Crippen LogP) is 2.14. The molecule has 0 spiro atoms. The van der Waals surface area contributed by atoms with E-state index in [4.69, 9.17) is 0 Å². The molecule has 0 heterocycles. The average molecular weight is 237 g/mol. The standard InChI is InChI=1S/C9H7F4NO2/c1-16-14-8(15)5-3-2-4-6(7(5)10)9(11,12)13/h2-4H,1H3,(H,14,15). The number of benzene rings is 1. The minimum Gasteiger partial charge on any atom is -0.277 e. The number of amides is 1. The van der Waals surface area contributed by atoms with Crippen LogP contribution >= 0.6 is 0 Å². The lowest BCUT2D eigenvalue weighted by Crippen LogP contribution is -2.24. The highest BCUT2D eigenvalue weighted by Crippen LogP contribution is 2.32. The van der Waals surface area contributed by atoms with E-state index in [1.54, 1.807) is 5.48 Å². The molecule has 0 fully saturated rings. The molecule has 0 aliphatic carbocycles. The van der Waals surface area contributed by atoms with E-state index in [9.17, 15) is 22.4 Å². The zero-order chi connectivity index (χ0) is 12.3. The monoisotopic (exact) mass is 237 g/mol. The van der Waals surface area contributed by atoms with Gasteiger partial charge in [0.15, 0.2) is 0 Å². The molecule has 0 saturated carbocycles. The number of hydroxylamine groups is 1. The summed E-state index contributed by atoms with van der Waals surface area (Å²) in [7, 11) is 1.09. The molecule has 16 heavy (non-hydrogen) atoms. The number of alkyl halides is 3. The number of rotatable bonds is 2. The number of carbonyl (C=O) groups is 1. The van der Waals surface area contributed by atoms with Gasteiger partial charge in [-0.05, 0) is 12.1 Å². The van der Waals surface area contributed by atoms with Crippen LogP contribution in [0, 0.1) is 5.82 Å². The normalized spacial score (nSPS) is 11.3. The molecule has 0 aliphatic rings. The van der Waals surface area contributed by atoms with Crippen LogP contribution in [-0.2, 0) is 11.0 Å². The van der Waals surface area contributed by atoms with E-state index in [-0.39, 0.29) is 0 Å².